The molecule has 1 N–H and O–H groups in total. The van der Waals surface area contributed by atoms with Gasteiger partial charge < -0.3 is 4.42 Å². The highest BCUT2D eigenvalue weighted by Crippen LogP contribution is 2.23. The number of thiazole rings is 1. The number of carbonyl (C=O) groups excluding carboxylic acids is 1. The molecule has 0 aliphatic carbocycles. The summed E-state index contributed by atoms with van der Waals surface area (Å²) < 4.78 is 30.8. The van der Waals surface area contributed by atoms with Crippen LogP contribution in [0.4, 0.5) is 0 Å². The van der Waals surface area contributed by atoms with Crippen LogP contribution in [-0.4, -0.2) is 19.3 Å². The van der Waals surface area contributed by atoms with Crippen molar-refractivity contribution < 1.29 is 17.6 Å². The molecule has 2 rings (SSSR count). The third-order valence-corrected chi connectivity index (χ3v) is 5.50. The molecule has 0 aliphatic rings. The fourth-order valence-corrected chi connectivity index (χ4v) is 4.09. The minimum atomic E-state index is -3.96. The van der Waals surface area contributed by atoms with E-state index in [9.17, 15) is 13.2 Å². The van der Waals surface area contributed by atoms with E-state index < -0.39 is 15.9 Å². The van der Waals surface area contributed by atoms with Crippen molar-refractivity contribution in [2.75, 3.05) is 0 Å². The number of furan rings is 1. The van der Waals surface area contributed by atoms with Crippen molar-refractivity contribution in [1.29, 1.82) is 0 Å². The Labute approximate surface area is 118 Å². The molecule has 0 fully saturated rings. The number of amides is 1. The van der Waals surface area contributed by atoms with Crippen molar-refractivity contribution >= 4 is 38.9 Å². The van der Waals surface area contributed by atoms with Crippen LogP contribution < -0.4 is 4.72 Å². The standard InChI is InChI=1S/C10H9ClN2O4S2/c1-5-10(18-6(2)12-5)19(15,16)13-9(14)7-3-4-17-8(7)11/h3-4H,1-2H3,(H,13,14). The predicted molar refractivity (Wildman–Crippen MR) is 70.0 cm³/mol. The lowest BCUT2D eigenvalue weighted by Gasteiger charge is -2.04. The van der Waals surface area contributed by atoms with E-state index in [1.54, 1.807) is 13.8 Å². The Morgan fingerprint density at radius 3 is 2.63 bits per heavy atom. The minimum Gasteiger partial charge on any atom is -0.452 e. The van der Waals surface area contributed by atoms with Crippen LogP contribution in [0.15, 0.2) is 21.0 Å². The topological polar surface area (TPSA) is 89.3 Å². The molecular weight excluding hydrogens is 312 g/mol. The second-order valence-electron chi connectivity index (χ2n) is 3.65. The highest BCUT2D eigenvalue weighted by molar-refractivity contribution is 7.92. The van der Waals surface area contributed by atoms with Gasteiger partial charge in [-0.2, -0.15) is 0 Å². The van der Waals surface area contributed by atoms with E-state index in [0.29, 0.717) is 10.7 Å². The van der Waals surface area contributed by atoms with Gasteiger partial charge in [0.05, 0.1) is 22.5 Å². The maximum absolute atomic E-state index is 12.0. The SMILES string of the molecule is Cc1nc(C)c(S(=O)(=O)NC(=O)c2ccoc2Cl)s1. The van der Waals surface area contributed by atoms with Gasteiger partial charge in [0.2, 0.25) is 5.22 Å². The first-order chi connectivity index (χ1) is 8.81. The van der Waals surface area contributed by atoms with Crippen molar-refractivity contribution in [2.45, 2.75) is 18.1 Å². The fourth-order valence-electron chi connectivity index (χ4n) is 1.44. The third-order valence-electron chi connectivity index (χ3n) is 2.19. The first kappa shape index (κ1) is 14.0. The molecule has 0 unspecified atom stereocenters. The maximum atomic E-state index is 12.0. The number of aryl methyl sites for hydroxylation is 2. The van der Waals surface area contributed by atoms with Crippen molar-refractivity contribution in [1.82, 2.24) is 9.71 Å². The zero-order chi connectivity index (χ0) is 14.2. The van der Waals surface area contributed by atoms with Crippen LogP contribution in [0.3, 0.4) is 0 Å². The summed E-state index contributed by atoms with van der Waals surface area (Å²) >= 11 is 6.61. The molecule has 0 atom stereocenters. The quantitative estimate of drug-likeness (QED) is 0.935. The zero-order valence-corrected chi connectivity index (χ0v) is 12.3. The summed E-state index contributed by atoms with van der Waals surface area (Å²) in [5.74, 6) is -0.843. The lowest BCUT2D eigenvalue weighted by atomic mass is 10.3. The Morgan fingerprint density at radius 2 is 2.16 bits per heavy atom. The van der Waals surface area contributed by atoms with Crippen molar-refractivity contribution in [3.8, 4) is 0 Å². The average Bonchev–Trinajstić information content (AvgIpc) is 2.84. The molecule has 0 bridgehead atoms. The summed E-state index contributed by atoms with van der Waals surface area (Å²) in [5.41, 5.74) is 0.310. The van der Waals surface area contributed by atoms with Crippen LogP contribution >= 0.6 is 22.9 Å². The molecule has 0 saturated carbocycles. The van der Waals surface area contributed by atoms with Crippen LogP contribution in [0.25, 0.3) is 0 Å². The lowest BCUT2D eigenvalue weighted by Crippen LogP contribution is -2.30. The summed E-state index contributed by atoms with van der Waals surface area (Å²) in [6.07, 6.45) is 1.20. The van der Waals surface area contributed by atoms with E-state index in [1.165, 1.54) is 12.3 Å². The molecule has 6 nitrogen and oxygen atoms in total. The van der Waals surface area contributed by atoms with Gasteiger partial charge in [-0.1, -0.05) is 0 Å². The van der Waals surface area contributed by atoms with E-state index in [4.69, 9.17) is 16.0 Å². The second-order valence-corrected chi connectivity index (χ2v) is 7.07. The maximum Gasteiger partial charge on any atom is 0.275 e. The van der Waals surface area contributed by atoms with Gasteiger partial charge >= 0.3 is 0 Å². The smallest absolute Gasteiger partial charge is 0.275 e. The number of aromatic nitrogens is 1. The summed E-state index contributed by atoms with van der Waals surface area (Å²) in [7, 11) is -3.96. The highest BCUT2D eigenvalue weighted by Gasteiger charge is 2.25. The Bertz CT molecular complexity index is 733. The van der Waals surface area contributed by atoms with Gasteiger partial charge in [0, 0.05) is 0 Å². The molecule has 0 spiro atoms. The molecular formula is C10H9ClN2O4S2. The van der Waals surface area contributed by atoms with E-state index in [2.05, 4.69) is 4.98 Å². The van der Waals surface area contributed by atoms with E-state index in [-0.39, 0.29) is 15.0 Å². The Kier molecular flexibility index (Phi) is 3.66. The molecule has 0 radical (unpaired) electrons. The lowest BCUT2D eigenvalue weighted by molar-refractivity contribution is 0.0981. The summed E-state index contributed by atoms with van der Waals surface area (Å²) in [6.45, 7) is 3.25. The number of hydrogen-bond acceptors (Lipinski definition) is 6. The molecule has 2 aromatic heterocycles. The van der Waals surface area contributed by atoms with Gasteiger partial charge in [0.15, 0.2) is 4.21 Å². The second kappa shape index (κ2) is 4.95. The van der Waals surface area contributed by atoms with Gasteiger partial charge in [0.25, 0.3) is 15.9 Å². The molecule has 0 saturated heterocycles. The van der Waals surface area contributed by atoms with E-state index in [0.717, 1.165) is 11.3 Å². The number of halogens is 1. The number of carbonyl (C=O) groups is 1. The molecule has 0 aromatic carbocycles. The Hall–Kier alpha value is -1.38. The van der Waals surface area contributed by atoms with Crippen LogP contribution in [0.5, 0.6) is 0 Å². The fraction of sp³-hybridized carbons (Fsp3) is 0.200. The van der Waals surface area contributed by atoms with E-state index in [1.807, 2.05) is 4.72 Å². The monoisotopic (exact) mass is 320 g/mol. The molecule has 0 aliphatic heterocycles. The van der Waals surface area contributed by atoms with Crippen molar-refractivity contribution in [3.05, 3.63) is 33.8 Å². The summed E-state index contributed by atoms with van der Waals surface area (Å²) in [4.78, 5) is 15.8. The van der Waals surface area contributed by atoms with Crippen LogP contribution in [0, 0.1) is 13.8 Å². The first-order valence-electron chi connectivity index (χ1n) is 5.05. The number of hydrogen-bond donors (Lipinski definition) is 1. The van der Waals surface area contributed by atoms with Crippen molar-refractivity contribution in [2.24, 2.45) is 0 Å². The molecule has 2 heterocycles. The normalized spacial score (nSPS) is 11.5. The van der Waals surface area contributed by atoms with Crippen LogP contribution in [-0.2, 0) is 10.0 Å². The van der Waals surface area contributed by atoms with Gasteiger partial charge in [-0.25, -0.2) is 18.1 Å². The zero-order valence-electron chi connectivity index (χ0n) is 9.93. The van der Waals surface area contributed by atoms with Crippen LogP contribution in [0.1, 0.15) is 21.1 Å². The van der Waals surface area contributed by atoms with Crippen molar-refractivity contribution in [3.63, 3.8) is 0 Å². The molecule has 19 heavy (non-hydrogen) atoms. The number of nitrogens with one attached hydrogen (secondary N) is 1. The summed E-state index contributed by atoms with van der Waals surface area (Å²) in [6, 6.07) is 1.29. The largest absolute Gasteiger partial charge is 0.452 e. The average molecular weight is 321 g/mol. The third kappa shape index (κ3) is 2.80. The minimum absolute atomic E-state index is 0.0120. The first-order valence-corrected chi connectivity index (χ1v) is 7.73. The number of sulfonamides is 1. The van der Waals surface area contributed by atoms with Gasteiger partial charge in [-0.05, 0) is 31.5 Å². The van der Waals surface area contributed by atoms with Crippen LogP contribution in [0.2, 0.25) is 5.22 Å². The molecule has 2 aromatic rings. The molecule has 9 heteroatoms. The molecule has 102 valence electrons. The Morgan fingerprint density at radius 1 is 1.47 bits per heavy atom. The van der Waals surface area contributed by atoms with Gasteiger partial charge in [-0.15, -0.1) is 11.3 Å². The number of rotatable bonds is 3. The number of nitrogens with zero attached hydrogens (tertiary/aromatic N) is 1. The molecule has 1 amide bonds. The predicted octanol–water partition coefficient (Wildman–Crippen LogP) is 2.13. The Balaban J connectivity index is 2.30. The van der Waals surface area contributed by atoms with E-state index >= 15 is 0 Å². The summed E-state index contributed by atoms with van der Waals surface area (Å²) in [5, 5.41) is 0.441. The van der Waals surface area contributed by atoms with Gasteiger partial charge in [0.1, 0.15) is 0 Å². The van der Waals surface area contributed by atoms with Gasteiger partial charge in [-0.3, -0.25) is 4.79 Å². The highest BCUT2D eigenvalue weighted by atomic mass is 35.5.